The van der Waals surface area contributed by atoms with Crippen LogP contribution in [0.15, 0.2) is 12.1 Å². The van der Waals surface area contributed by atoms with E-state index in [9.17, 15) is 13.2 Å². The Morgan fingerprint density at radius 1 is 1.21 bits per heavy atom. The molecule has 1 fully saturated rings. The van der Waals surface area contributed by atoms with Gasteiger partial charge in [0.05, 0.1) is 0 Å². The monoisotopic (exact) mass is 274 g/mol. The van der Waals surface area contributed by atoms with Crippen LogP contribution < -0.4 is 10.6 Å². The van der Waals surface area contributed by atoms with Gasteiger partial charge in [-0.25, -0.2) is 0 Å². The second-order valence-corrected chi connectivity index (χ2v) is 4.90. The van der Waals surface area contributed by atoms with Gasteiger partial charge in [0.15, 0.2) is 11.5 Å². The maximum Gasteiger partial charge on any atom is 0.435 e. The van der Waals surface area contributed by atoms with E-state index < -0.39 is 11.9 Å². The summed E-state index contributed by atoms with van der Waals surface area (Å²) in [6.07, 6.45) is -0.407. The molecule has 0 spiro atoms. The van der Waals surface area contributed by atoms with Gasteiger partial charge in [-0.1, -0.05) is 12.8 Å². The van der Waals surface area contributed by atoms with Gasteiger partial charge in [0.1, 0.15) is 0 Å². The Morgan fingerprint density at radius 3 is 2.42 bits per heavy atom. The molecule has 2 unspecified atom stereocenters. The molecule has 1 aliphatic rings. The summed E-state index contributed by atoms with van der Waals surface area (Å²) in [7, 11) is 1.80. The molecule has 106 valence electrons. The summed E-state index contributed by atoms with van der Waals surface area (Å²) in [5, 5.41) is 6.89. The highest BCUT2D eigenvalue weighted by molar-refractivity contribution is 5.38. The molecular formula is C12H17F3N4. The minimum absolute atomic E-state index is 0.0304. The lowest BCUT2D eigenvalue weighted by molar-refractivity contribution is -0.141. The number of hydrogen-bond acceptors (Lipinski definition) is 4. The zero-order chi connectivity index (χ0) is 14.0. The third-order valence-electron chi connectivity index (χ3n) is 3.58. The number of nitrogens with zero attached hydrogens (tertiary/aromatic N) is 3. The fourth-order valence-corrected chi connectivity index (χ4v) is 2.46. The molecule has 0 aliphatic heterocycles. The van der Waals surface area contributed by atoms with Crippen LogP contribution in [0.5, 0.6) is 0 Å². The average molecular weight is 274 g/mol. The van der Waals surface area contributed by atoms with Gasteiger partial charge in [-0.2, -0.15) is 13.2 Å². The van der Waals surface area contributed by atoms with E-state index in [4.69, 9.17) is 5.73 Å². The summed E-state index contributed by atoms with van der Waals surface area (Å²) in [6, 6.07) is 2.44. The Balaban J connectivity index is 2.13. The third-order valence-corrected chi connectivity index (χ3v) is 3.58. The number of rotatable bonds is 2. The smallest absolute Gasteiger partial charge is 0.354 e. The van der Waals surface area contributed by atoms with Crippen LogP contribution in [0, 0.1) is 0 Å². The van der Waals surface area contributed by atoms with Gasteiger partial charge in [-0.15, -0.1) is 10.2 Å². The predicted octanol–water partition coefficient (Wildman–Crippen LogP) is 2.20. The van der Waals surface area contributed by atoms with Gasteiger partial charge >= 0.3 is 6.18 Å². The molecule has 2 rings (SSSR count). The quantitative estimate of drug-likeness (QED) is 0.898. The largest absolute Gasteiger partial charge is 0.435 e. The van der Waals surface area contributed by atoms with E-state index >= 15 is 0 Å². The van der Waals surface area contributed by atoms with Crippen LogP contribution >= 0.6 is 0 Å². The summed E-state index contributed by atoms with van der Waals surface area (Å²) in [5.41, 5.74) is 5.07. The SMILES string of the molecule is CN(c1ccc(C(F)(F)F)nn1)C1CCCCC1N. The van der Waals surface area contributed by atoms with Crippen LogP contribution in [0.25, 0.3) is 0 Å². The van der Waals surface area contributed by atoms with Crippen LogP contribution in [0.1, 0.15) is 31.4 Å². The minimum atomic E-state index is -4.45. The molecule has 2 N–H and O–H groups in total. The number of alkyl halides is 3. The number of aromatic nitrogens is 2. The minimum Gasteiger partial charge on any atom is -0.354 e. The number of likely N-dealkylation sites (N-methyl/N-ethyl adjacent to an activating group) is 1. The fraction of sp³-hybridized carbons (Fsp3) is 0.667. The van der Waals surface area contributed by atoms with E-state index in [1.807, 2.05) is 4.90 Å². The first-order valence-corrected chi connectivity index (χ1v) is 6.29. The van der Waals surface area contributed by atoms with E-state index in [1.165, 1.54) is 6.07 Å². The van der Waals surface area contributed by atoms with Gasteiger partial charge < -0.3 is 10.6 Å². The molecule has 7 heteroatoms. The van der Waals surface area contributed by atoms with Gasteiger partial charge in [0.25, 0.3) is 0 Å². The summed E-state index contributed by atoms with van der Waals surface area (Å²) < 4.78 is 37.2. The molecule has 0 radical (unpaired) electrons. The lowest BCUT2D eigenvalue weighted by Gasteiger charge is -2.36. The van der Waals surface area contributed by atoms with Crippen molar-refractivity contribution < 1.29 is 13.2 Å². The van der Waals surface area contributed by atoms with E-state index in [-0.39, 0.29) is 12.1 Å². The van der Waals surface area contributed by atoms with Crippen LogP contribution in [0.2, 0.25) is 0 Å². The molecular weight excluding hydrogens is 257 g/mol. The first-order chi connectivity index (χ1) is 8.89. The summed E-state index contributed by atoms with van der Waals surface area (Å²) in [4.78, 5) is 1.83. The molecule has 1 aromatic heterocycles. The molecule has 0 saturated heterocycles. The maximum absolute atomic E-state index is 12.4. The fourth-order valence-electron chi connectivity index (χ4n) is 2.46. The number of hydrogen-bond donors (Lipinski definition) is 1. The molecule has 1 saturated carbocycles. The Bertz CT molecular complexity index is 418. The lowest BCUT2D eigenvalue weighted by atomic mass is 9.90. The van der Waals surface area contributed by atoms with Crippen LogP contribution in [-0.4, -0.2) is 29.3 Å². The van der Waals surface area contributed by atoms with Crippen LogP contribution in [0.4, 0.5) is 19.0 Å². The maximum atomic E-state index is 12.4. The average Bonchev–Trinajstić information content (AvgIpc) is 2.38. The van der Waals surface area contributed by atoms with E-state index in [0.29, 0.717) is 5.82 Å². The molecule has 4 nitrogen and oxygen atoms in total. The van der Waals surface area contributed by atoms with Gasteiger partial charge in [-0.05, 0) is 25.0 Å². The van der Waals surface area contributed by atoms with Crippen molar-refractivity contribution in [1.82, 2.24) is 10.2 Å². The van der Waals surface area contributed by atoms with Gasteiger partial charge in [-0.3, -0.25) is 0 Å². The Morgan fingerprint density at radius 2 is 1.89 bits per heavy atom. The third kappa shape index (κ3) is 3.15. The summed E-state index contributed by atoms with van der Waals surface area (Å²) in [6.45, 7) is 0. The number of nitrogens with two attached hydrogens (primary N) is 1. The van der Waals surface area contributed by atoms with Crippen molar-refractivity contribution in [2.45, 2.75) is 43.9 Å². The highest BCUT2D eigenvalue weighted by Crippen LogP contribution is 2.28. The van der Waals surface area contributed by atoms with Crippen molar-refractivity contribution in [3.63, 3.8) is 0 Å². The van der Waals surface area contributed by atoms with Crippen molar-refractivity contribution in [1.29, 1.82) is 0 Å². The number of anilines is 1. The molecule has 1 aromatic rings. The Labute approximate surface area is 109 Å². The van der Waals surface area contributed by atoms with Gasteiger partial charge in [0, 0.05) is 19.1 Å². The second kappa shape index (κ2) is 5.32. The summed E-state index contributed by atoms with van der Waals surface area (Å²) in [5.74, 6) is 0.426. The topological polar surface area (TPSA) is 55.0 Å². The van der Waals surface area contributed by atoms with E-state index in [0.717, 1.165) is 31.7 Å². The molecule has 0 aromatic carbocycles. The normalized spacial score (nSPS) is 24.3. The van der Waals surface area contributed by atoms with Crippen molar-refractivity contribution in [3.05, 3.63) is 17.8 Å². The predicted molar refractivity (Wildman–Crippen MR) is 65.7 cm³/mol. The van der Waals surface area contributed by atoms with E-state index in [2.05, 4.69) is 10.2 Å². The standard InChI is InChI=1S/C12H17F3N4/c1-19(9-5-3-2-4-8(9)16)11-7-6-10(17-18-11)12(13,14)15/h6-9H,2-5,16H2,1H3. The number of halogens is 3. The Hall–Kier alpha value is -1.37. The molecule has 1 aliphatic carbocycles. The van der Waals surface area contributed by atoms with Crippen molar-refractivity contribution >= 4 is 5.82 Å². The highest BCUT2D eigenvalue weighted by atomic mass is 19.4. The van der Waals surface area contributed by atoms with Gasteiger partial charge in [0.2, 0.25) is 0 Å². The highest BCUT2D eigenvalue weighted by Gasteiger charge is 2.33. The van der Waals surface area contributed by atoms with Crippen molar-refractivity contribution in [2.24, 2.45) is 5.73 Å². The van der Waals surface area contributed by atoms with E-state index in [1.54, 1.807) is 7.05 Å². The first-order valence-electron chi connectivity index (χ1n) is 6.29. The van der Waals surface area contributed by atoms with Crippen molar-refractivity contribution in [2.75, 3.05) is 11.9 Å². The first kappa shape index (κ1) is 14.0. The summed E-state index contributed by atoms with van der Waals surface area (Å²) >= 11 is 0. The zero-order valence-corrected chi connectivity index (χ0v) is 10.7. The second-order valence-electron chi connectivity index (χ2n) is 4.90. The zero-order valence-electron chi connectivity index (χ0n) is 10.7. The van der Waals surface area contributed by atoms with Crippen LogP contribution in [0.3, 0.4) is 0 Å². The molecule has 0 amide bonds. The molecule has 1 heterocycles. The van der Waals surface area contributed by atoms with Crippen molar-refractivity contribution in [3.8, 4) is 0 Å². The Kier molecular flexibility index (Phi) is 3.93. The molecule has 2 atom stereocenters. The molecule has 0 bridgehead atoms. The lowest BCUT2D eigenvalue weighted by Crippen LogP contribution is -2.48. The van der Waals surface area contributed by atoms with Crippen LogP contribution in [-0.2, 0) is 6.18 Å². The molecule has 19 heavy (non-hydrogen) atoms.